The van der Waals surface area contributed by atoms with Crippen molar-refractivity contribution in [3.8, 4) is 0 Å². The molecule has 1 saturated carbocycles. The molecular formula is C9H9ClN2O4S. The predicted molar refractivity (Wildman–Crippen MR) is 63.7 cm³/mol. The van der Waals surface area contributed by atoms with Gasteiger partial charge in [0.25, 0.3) is 5.69 Å². The van der Waals surface area contributed by atoms with Crippen LogP contribution in [0.15, 0.2) is 18.2 Å². The SMILES string of the molecule is O=[N+]([O-])c1ccc(Cl)cc1NS(=O)(=O)C1CC1. The first-order chi connectivity index (χ1) is 7.90. The molecule has 2 rings (SSSR count). The average molecular weight is 277 g/mol. The van der Waals surface area contributed by atoms with Gasteiger partial charge in [-0.05, 0) is 25.0 Å². The molecule has 1 fully saturated rings. The number of nitro groups is 1. The topological polar surface area (TPSA) is 89.3 Å². The van der Waals surface area contributed by atoms with Gasteiger partial charge in [-0.1, -0.05) is 11.6 Å². The van der Waals surface area contributed by atoms with Crippen LogP contribution in [0.5, 0.6) is 0 Å². The summed E-state index contributed by atoms with van der Waals surface area (Å²) in [5.41, 5.74) is -0.395. The van der Waals surface area contributed by atoms with Gasteiger partial charge in [0.1, 0.15) is 5.69 Å². The molecule has 1 aliphatic carbocycles. The second-order valence-corrected chi connectivity index (χ2v) is 6.16. The molecule has 8 heteroatoms. The van der Waals surface area contributed by atoms with Crippen molar-refractivity contribution in [1.82, 2.24) is 0 Å². The molecule has 0 radical (unpaired) electrons. The first-order valence-corrected chi connectivity index (χ1v) is 6.78. The molecular weight excluding hydrogens is 268 g/mol. The number of anilines is 1. The summed E-state index contributed by atoms with van der Waals surface area (Å²) in [6.45, 7) is 0. The van der Waals surface area contributed by atoms with Crippen molar-refractivity contribution in [3.05, 3.63) is 33.3 Å². The fraction of sp³-hybridized carbons (Fsp3) is 0.333. The van der Waals surface area contributed by atoms with Crippen LogP contribution in [-0.4, -0.2) is 18.6 Å². The Morgan fingerprint density at radius 3 is 2.59 bits per heavy atom. The number of sulfonamides is 1. The monoisotopic (exact) mass is 276 g/mol. The fourth-order valence-electron chi connectivity index (χ4n) is 1.36. The van der Waals surface area contributed by atoms with Crippen molar-refractivity contribution < 1.29 is 13.3 Å². The van der Waals surface area contributed by atoms with Crippen LogP contribution in [0.3, 0.4) is 0 Å². The lowest BCUT2D eigenvalue weighted by Crippen LogP contribution is -2.18. The second kappa shape index (κ2) is 4.15. The van der Waals surface area contributed by atoms with E-state index >= 15 is 0 Å². The maximum atomic E-state index is 11.7. The molecule has 0 aromatic heterocycles. The van der Waals surface area contributed by atoms with E-state index in [1.807, 2.05) is 0 Å². The normalized spacial score (nSPS) is 15.6. The number of benzene rings is 1. The third-order valence-electron chi connectivity index (χ3n) is 2.37. The Morgan fingerprint density at radius 1 is 1.41 bits per heavy atom. The fourth-order valence-corrected chi connectivity index (χ4v) is 2.93. The molecule has 0 bridgehead atoms. The zero-order valence-electron chi connectivity index (χ0n) is 8.59. The minimum absolute atomic E-state index is 0.0885. The van der Waals surface area contributed by atoms with Gasteiger partial charge < -0.3 is 0 Å². The summed E-state index contributed by atoms with van der Waals surface area (Å²) in [6.07, 6.45) is 1.17. The van der Waals surface area contributed by atoms with Gasteiger partial charge in [0.15, 0.2) is 0 Å². The van der Waals surface area contributed by atoms with Crippen LogP contribution in [0.1, 0.15) is 12.8 Å². The standard InChI is InChI=1S/C9H9ClN2O4S/c10-6-1-4-9(12(13)14)8(5-6)11-17(15,16)7-2-3-7/h1,4-5,7,11H,2-3H2. The molecule has 0 amide bonds. The van der Waals surface area contributed by atoms with Gasteiger partial charge in [0, 0.05) is 11.1 Å². The highest BCUT2D eigenvalue weighted by atomic mass is 35.5. The average Bonchev–Trinajstić information content (AvgIpc) is 2.99. The molecule has 1 aromatic rings. The smallest absolute Gasteiger partial charge is 0.277 e. The van der Waals surface area contributed by atoms with Crippen molar-refractivity contribution in [2.45, 2.75) is 18.1 Å². The Kier molecular flexibility index (Phi) is 2.96. The van der Waals surface area contributed by atoms with E-state index in [2.05, 4.69) is 4.72 Å². The minimum Gasteiger partial charge on any atom is -0.277 e. The summed E-state index contributed by atoms with van der Waals surface area (Å²) in [7, 11) is -3.53. The largest absolute Gasteiger partial charge is 0.293 e. The Bertz CT molecular complexity index is 568. The number of rotatable bonds is 4. The van der Waals surface area contributed by atoms with Gasteiger partial charge in [-0.25, -0.2) is 8.42 Å². The van der Waals surface area contributed by atoms with Crippen molar-refractivity contribution >= 4 is 33.0 Å². The molecule has 0 saturated heterocycles. The maximum absolute atomic E-state index is 11.7. The highest BCUT2D eigenvalue weighted by Crippen LogP contribution is 2.33. The van der Waals surface area contributed by atoms with Crippen molar-refractivity contribution in [2.75, 3.05) is 4.72 Å². The van der Waals surface area contributed by atoms with Crippen LogP contribution < -0.4 is 4.72 Å². The third kappa shape index (κ3) is 2.67. The van der Waals surface area contributed by atoms with E-state index in [0.29, 0.717) is 12.8 Å². The molecule has 1 aromatic carbocycles. The van der Waals surface area contributed by atoms with Crippen LogP contribution >= 0.6 is 11.6 Å². The number of halogens is 1. The van der Waals surface area contributed by atoms with Gasteiger partial charge >= 0.3 is 0 Å². The molecule has 0 heterocycles. The lowest BCUT2D eigenvalue weighted by Gasteiger charge is -2.07. The van der Waals surface area contributed by atoms with Crippen LogP contribution in [0.2, 0.25) is 5.02 Å². The summed E-state index contributed by atoms with van der Waals surface area (Å²) in [6, 6.07) is 3.75. The first-order valence-electron chi connectivity index (χ1n) is 4.86. The van der Waals surface area contributed by atoms with E-state index in [4.69, 9.17) is 11.6 Å². The first kappa shape index (κ1) is 12.1. The van der Waals surface area contributed by atoms with Gasteiger partial charge in [-0.15, -0.1) is 0 Å². The Hall–Kier alpha value is -1.34. The molecule has 0 aliphatic heterocycles. The van der Waals surface area contributed by atoms with Crippen LogP contribution in [0.4, 0.5) is 11.4 Å². The lowest BCUT2D eigenvalue weighted by molar-refractivity contribution is -0.383. The molecule has 0 atom stereocenters. The summed E-state index contributed by atoms with van der Waals surface area (Å²) in [5, 5.41) is 10.5. The molecule has 1 N–H and O–H groups in total. The van der Waals surface area contributed by atoms with Gasteiger partial charge in [-0.3, -0.25) is 14.8 Å². The van der Waals surface area contributed by atoms with Crippen LogP contribution in [0, 0.1) is 10.1 Å². The second-order valence-electron chi connectivity index (χ2n) is 3.77. The number of hydrogen-bond donors (Lipinski definition) is 1. The Balaban J connectivity index is 2.37. The predicted octanol–water partition coefficient (Wildman–Crippen LogP) is 2.15. The number of nitrogens with zero attached hydrogens (tertiary/aromatic N) is 1. The highest BCUT2D eigenvalue weighted by Gasteiger charge is 2.36. The van der Waals surface area contributed by atoms with E-state index in [1.165, 1.54) is 18.2 Å². The molecule has 6 nitrogen and oxygen atoms in total. The molecule has 92 valence electrons. The zero-order chi connectivity index (χ0) is 12.6. The molecule has 17 heavy (non-hydrogen) atoms. The highest BCUT2D eigenvalue weighted by molar-refractivity contribution is 7.93. The van der Waals surface area contributed by atoms with E-state index in [9.17, 15) is 18.5 Å². The summed E-state index contributed by atoms with van der Waals surface area (Å²) in [4.78, 5) is 10.1. The van der Waals surface area contributed by atoms with Crippen molar-refractivity contribution in [3.63, 3.8) is 0 Å². The third-order valence-corrected chi connectivity index (χ3v) is 4.46. The molecule has 1 aliphatic rings. The van der Waals surface area contributed by atoms with E-state index in [1.54, 1.807) is 0 Å². The van der Waals surface area contributed by atoms with Crippen molar-refractivity contribution in [1.29, 1.82) is 0 Å². The lowest BCUT2D eigenvalue weighted by atomic mass is 10.3. The number of nitrogens with one attached hydrogen (secondary N) is 1. The van der Waals surface area contributed by atoms with Gasteiger partial charge in [0.2, 0.25) is 10.0 Å². The van der Waals surface area contributed by atoms with E-state index in [0.717, 1.165) is 0 Å². The Morgan fingerprint density at radius 2 is 2.06 bits per heavy atom. The summed E-state index contributed by atoms with van der Waals surface area (Å²) >= 11 is 5.69. The Labute approximate surface area is 103 Å². The zero-order valence-corrected chi connectivity index (χ0v) is 10.2. The van der Waals surface area contributed by atoms with Crippen molar-refractivity contribution in [2.24, 2.45) is 0 Å². The molecule has 0 spiro atoms. The van der Waals surface area contributed by atoms with Gasteiger partial charge in [-0.2, -0.15) is 0 Å². The molecule has 0 unspecified atom stereocenters. The quantitative estimate of drug-likeness (QED) is 0.674. The minimum atomic E-state index is -3.53. The summed E-state index contributed by atoms with van der Waals surface area (Å²) < 4.78 is 25.6. The van der Waals surface area contributed by atoms with E-state index < -0.39 is 20.2 Å². The van der Waals surface area contributed by atoms with E-state index in [-0.39, 0.29) is 16.4 Å². The van der Waals surface area contributed by atoms with Gasteiger partial charge in [0.05, 0.1) is 10.2 Å². The van der Waals surface area contributed by atoms with Crippen LogP contribution in [-0.2, 0) is 10.0 Å². The number of nitro benzene ring substituents is 1. The maximum Gasteiger partial charge on any atom is 0.293 e. The number of hydrogen-bond acceptors (Lipinski definition) is 4. The van der Waals surface area contributed by atoms with Crippen LogP contribution in [0.25, 0.3) is 0 Å². The summed E-state index contributed by atoms with van der Waals surface area (Å²) in [5.74, 6) is 0.